The number of rotatable bonds is 8. The summed E-state index contributed by atoms with van der Waals surface area (Å²) < 4.78 is 53.5. The molecule has 2 aromatic rings. The second kappa shape index (κ2) is 11.7. The maximum Gasteiger partial charge on any atom is 0.417 e. The van der Waals surface area contributed by atoms with Gasteiger partial charge in [-0.15, -0.1) is 11.8 Å². The molecular weight excluding hydrogens is 438 g/mol. The van der Waals surface area contributed by atoms with E-state index in [4.69, 9.17) is 0 Å². The van der Waals surface area contributed by atoms with Gasteiger partial charge in [0.1, 0.15) is 5.82 Å². The minimum atomic E-state index is -4.68. The number of thioether (sulfide) groups is 1. The van der Waals surface area contributed by atoms with Gasteiger partial charge in [0.2, 0.25) is 5.91 Å². The number of halogens is 4. The van der Waals surface area contributed by atoms with Crippen molar-refractivity contribution in [3.05, 3.63) is 88.6 Å². The molecule has 0 saturated carbocycles. The van der Waals surface area contributed by atoms with Crippen molar-refractivity contribution in [2.75, 3.05) is 11.1 Å². The Morgan fingerprint density at radius 2 is 1.84 bits per heavy atom. The highest BCUT2D eigenvalue weighted by molar-refractivity contribution is 8.02. The van der Waals surface area contributed by atoms with Crippen LogP contribution in [0.2, 0.25) is 0 Å². The number of benzene rings is 2. The second-order valence-electron chi connectivity index (χ2n) is 6.97. The minimum absolute atomic E-state index is 0.107. The Labute approximate surface area is 190 Å². The number of carbonyl (C=O) groups is 1. The fourth-order valence-electron chi connectivity index (χ4n) is 3.12. The van der Waals surface area contributed by atoms with Gasteiger partial charge in [0.05, 0.1) is 12.0 Å². The van der Waals surface area contributed by atoms with E-state index in [1.165, 1.54) is 6.07 Å². The molecule has 2 aromatic carbocycles. The summed E-state index contributed by atoms with van der Waals surface area (Å²) in [5, 5.41) is 4.73. The Hall–Kier alpha value is -2.80. The van der Waals surface area contributed by atoms with E-state index in [0.29, 0.717) is 22.9 Å². The average molecular weight is 464 g/mol. The molecule has 0 unspecified atom stereocenters. The zero-order valence-corrected chi connectivity index (χ0v) is 18.9. The van der Waals surface area contributed by atoms with Gasteiger partial charge in [0.15, 0.2) is 0 Å². The smallest absolute Gasteiger partial charge is 0.326 e. The van der Waals surface area contributed by atoms with E-state index in [9.17, 15) is 22.4 Å². The van der Waals surface area contributed by atoms with Gasteiger partial charge < -0.3 is 5.32 Å². The first-order valence-electron chi connectivity index (χ1n) is 10.0. The molecule has 1 amide bonds. The number of hydrogen-bond acceptors (Lipinski definition) is 2. The summed E-state index contributed by atoms with van der Waals surface area (Å²) in [4.78, 5) is 12.5. The number of aryl methyl sites for hydroxylation is 1. The van der Waals surface area contributed by atoms with Crippen LogP contribution < -0.4 is 5.32 Å². The molecule has 0 spiro atoms. The average Bonchev–Trinajstić information content (AvgIpc) is 2.71. The van der Waals surface area contributed by atoms with Crippen LogP contribution in [0, 0.1) is 12.7 Å². The van der Waals surface area contributed by atoms with Crippen LogP contribution in [0.15, 0.2) is 71.7 Å². The standard InChI is InChI=1S/C25H25F4NOS/c1-4-7-18(8-6-13-32-5-2)15-24(31)30-20-10-12-21(17(3)14-20)22-11-9-19(26)16-23(22)25(27,28)29/h4,6-14,16H,5,15H2,1-3H3,(H,30,31)/b7-4-,13-6+,18-8+. The quantitative estimate of drug-likeness (QED) is 0.318. The van der Waals surface area contributed by atoms with E-state index < -0.39 is 17.6 Å². The Morgan fingerprint density at radius 1 is 1.12 bits per heavy atom. The molecule has 0 aliphatic rings. The molecule has 0 aliphatic heterocycles. The molecule has 0 fully saturated rings. The fraction of sp³-hybridized carbons (Fsp3) is 0.240. The van der Waals surface area contributed by atoms with Crippen molar-refractivity contribution in [2.24, 2.45) is 0 Å². The number of hydrogen-bond donors (Lipinski definition) is 1. The van der Waals surface area contributed by atoms with Crippen LogP contribution in [0.4, 0.5) is 23.2 Å². The van der Waals surface area contributed by atoms with E-state index in [1.807, 2.05) is 43.6 Å². The van der Waals surface area contributed by atoms with Crippen LogP contribution in [0.1, 0.15) is 31.4 Å². The van der Waals surface area contributed by atoms with Crippen molar-refractivity contribution in [3.63, 3.8) is 0 Å². The van der Waals surface area contributed by atoms with Crippen LogP contribution in [-0.2, 0) is 11.0 Å². The highest BCUT2D eigenvalue weighted by Crippen LogP contribution is 2.39. The summed E-state index contributed by atoms with van der Waals surface area (Å²) in [6, 6.07) is 7.27. The lowest BCUT2D eigenvalue weighted by Gasteiger charge is -2.16. The van der Waals surface area contributed by atoms with Gasteiger partial charge in [0, 0.05) is 5.69 Å². The van der Waals surface area contributed by atoms with Crippen LogP contribution >= 0.6 is 11.8 Å². The topological polar surface area (TPSA) is 29.1 Å². The molecule has 0 aliphatic carbocycles. The lowest BCUT2D eigenvalue weighted by Crippen LogP contribution is -2.12. The lowest BCUT2D eigenvalue weighted by atomic mass is 9.95. The van der Waals surface area contributed by atoms with Crippen molar-refractivity contribution in [3.8, 4) is 11.1 Å². The third kappa shape index (κ3) is 7.41. The van der Waals surface area contributed by atoms with Crippen molar-refractivity contribution >= 4 is 23.4 Å². The highest BCUT2D eigenvalue weighted by Gasteiger charge is 2.34. The predicted molar refractivity (Wildman–Crippen MR) is 125 cm³/mol. The van der Waals surface area contributed by atoms with E-state index in [2.05, 4.69) is 5.32 Å². The summed E-state index contributed by atoms with van der Waals surface area (Å²) in [6.45, 7) is 5.56. The Morgan fingerprint density at radius 3 is 2.47 bits per heavy atom. The SMILES string of the molecule is C\C=C/C(=C\C=C\SCC)CC(=O)Nc1ccc(-c2ccc(F)cc2C(F)(F)F)c(C)c1. The number of carbonyl (C=O) groups excluding carboxylic acids is 1. The van der Waals surface area contributed by atoms with Gasteiger partial charge in [-0.1, -0.05) is 43.4 Å². The zero-order chi connectivity index (χ0) is 23.7. The minimum Gasteiger partial charge on any atom is -0.326 e. The third-order valence-electron chi connectivity index (χ3n) is 4.48. The molecule has 1 N–H and O–H groups in total. The van der Waals surface area contributed by atoms with Crippen molar-refractivity contribution in [1.29, 1.82) is 0 Å². The maximum absolute atomic E-state index is 13.4. The van der Waals surface area contributed by atoms with E-state index in [1.54, 1.807) is 30.8 Å². The van der Waals surface area contributed by atoms with E-state index >= 15 is 0 Å². The molecule has 170 valence electrons. The Balaban J connectivity index is 2.22. The summed E-state index contributed by atoms with van der Waals surface area (Å²) in [7, 11) is 0. The van der Waals surface area contributed by atoms with Crippen LogP contribution in [0.25, 0.3) is 11.1 Å². The number of alkyl halides is 3. The molecule has 0 atom stereocenters. The van der Waals surface area contributed by atoms with Crippen LogP contribution in [0.5, 0.6) is 0 Å². The molecule has 32 heavy (non-hydrogen) atoms. The van der Waals surface area contributed by atoms with Crippen molar-refractivity contribution in [1.82, 2.24) is 0 Å². The molecule has 0 heterocycles. The molecule has 2 nitrogen and oxygen atoms in total. The van der Waals surface area contributed by atoms with Gasteiger partial charge in [-0.3, -0.25) is 4.79 Å². The Bertz CT molecular complexity index is 1040. The molecule has 7 heteroatoms. The first-order valence-corrected chi connectivity index (χ1v) is 11.1. The van der Waals surface area contributed by atoms with Gasteiger partial charge in [-0.25, -0.2) is 4.39 Å². The first kappa shape index (κ1) is 25.5. The van der Waals surface area contributed by atoms with Gasteiger partial charge in [0.25, 0.3) is 0 Å². The van der Waals surface area contributed by atoms with Crippen molar-refractivity contribution < 1.29 is 22.4 Å². The van der Waals surface area contributed by atoms with Crippen LogP contribution in [0.3, 0.4) is 0 Å². The predicted octanol–water partition coefficient (Wildman–Crippen LogP) is 7.92. The summed E-state index contributed by atoms with van der Waals surface area (Å²) in [5.41, 5.74) is 1.01. The number of anilines is 1. The lowest BCUT2D eigenvalue weighted by molar-refractivity contribution is -0.137. The molecule has 0 aromatic heterocycles. The molecule has 0 bridgehead atoms. The molecule has 0 radical (unpaired) electrons. The summed E-state index contributed by atoms with van der Waals surface area (Å²) >= 11 is 1.65. The van der Waals surface area contributed by atoms with Gasteiger partial charge >= 0.3 is 6.18 Å². The molecule has 0 saturated heterocycles. The number of allylic oxidation sites excluding steroid dienone is 4. The largest absolute Gasteiger partial charge is 0.417 e. The van der Waals surface area contributed by atoms with E-state index in [-0.39, 0.29) is 17.9 Å². The summed E-state index contributed by atoms with van der Waals surface area (Å²) in [5.74, 6) is -0.229. The third-order valence-corrected chi connectivity index (χ3v) is 5.17. The Kier molecular flexibility index (Phi) is 9.32. The molecule has 2 rings (SSSR count). The zero-order valence-electron chi connectivity index (χ0n) is 18.1. The summed E-state index contributed by atoms with van der Waals surface area (Å²) in [6.07, 6.45) is 2.92. The fourth-order valence-corrected chi connectivity index (χ4v) is 3.50. The van der Waals surface area contributed by atoms with E-state index in [0.717, 1.165) is 23.5 Å². The molecular formula is C25H25F4NOS. The normalized spacial score (nSPS) is 12.7. The van der Waals surface area contributed by atoms with Crippen molar-refractivity contribution in [2.45, 2.75) is 33.4 Å². The first-order chi connectivity index (χ1) is 15.2. The van der Waals surface area contributed by atoms with Gasteiger partial charge in [-0.2, -0.15) is 13.2 Å². The second-order valence-corrected chi connectivity index (χ2v) is 8.15. The highest BCUT2D eigenvalue weighted by atomic mass is 32.2. The number of nitrogens with one attached hydrogen (secondary N) is 1. The monoisotopic (exact) mass is 463 g/mol. The van der Waals surface area contributed by atoms with Gasteiger partial charge in [-0.05, 0) is 71.5 Å². The maximum atomic E-state index is 13.4. The van der Waals surface area contributed by atoms with Crippen LogP contribution in [-0.4, -0.2) is 11.7 Å². The number of amides is 1.